The van der Waals surface area contributed by atoms with Crippen molar-refractivity contribution in [3.63, 3.8) is 0 Å². The van der Waals surface area contributed by atoms with Crippen molar-refractivity contribution in [2.75, 3.05) is 19.0 Å². The molecular weight excluding hydrogens is 356 g/mol. The number of fused-ring (bicyclic) bond motifs is 1. The molecule has 1 fully saturated rings. The summed E-state index contributed by atoms with van der Waals surface area (Å²) in [5.74, 6) is 2.77. The maximum absolute atomic E-state index is 12.8. The molecule has 0 bridgehead atoms. The van der Waals surface area contributed by atoms with Crippen molar-refractivity contribution in [1.82, 2.24) is 4.31 Å². The summed E-state index contributed by atoms with van der Waals surface area (Å²) in [5.41, 5.74) is 0.360. The molecule has 1 aromatic carbocycles. The van der Waals surface area contributed by atoms with Crippen LogP contribution in [0, 0.1) is 5.92 Å². The Morgan fingerprint density at radius 2 is 2.04 bits per heavy atom. The molecule has 0 radical (unpaired) electrons. The lowest BCUT2D eigenvalue weighted by molar-refractivity contribution is -0.118. The molecular formula is C18H20N2O5S. The van der Waals surface area contributed by atoms with Gasteiger partial charge in [0.2, 0.25) is 10.0 Å². The van der Waals surface area contributed by atoms with Gasteiger partial charge in [0, 0.05) is 13.0 Å². The quantitative estimate of drug-likeness (QED) is 0.866. The van der Waals surface area contributed by atoms with Crippen molar-refractivity contribution >= 4 is 21.6 Å². The molecule has 1 aliphatic heterocycles. The number of hydrogen-bond donors (Lipinski definition) is 1. The minimum Gasteiger partial charge on any atom is -0.482 e. The number of rotatable bonds is 5. The Kier molecular flexibility index (Phi) is 4.04. The fourth-order valence-corrected chi connectivity index (χ4v) is 4.27. The van der Waals surface area contributed by atoms with Crippen LogP contribution >= 0.6 is 0 Å². The minimum absolute atomic E-state index is 0.0700. The molecule has 26 heavy (non-hydrogen) atoms. The summed E-state index contributed by atoms with van der Waals surface area (Å²) in [4.78, 5) is 11.5. The first kappa shape index (κ1) is 17.1. The van der Waals surface area contributed by atoms with E-state index in [1.807, 2.05) is 12.1 Å². The van der Waals surface area contributed by atoms with Crippen LogP contribution in [0.15, 0.2) is 39.6 Å². The summed E-state index contributed by atoms with van der Waals surface area (Å²) >= 11 is 0. The molecule has 0 unspecified atom stereocenters. The SMILES string of the molecule is C[C@H]1C[C@@H]1c1ccc(CN(C)S(=O)(=O)c2ccc3c(c2)NC(=O)CO3)o1. The first-order valence-corrected chi connectivity index (χ1v) is 9.90. The van der Waals surface area contributed by atoms with Gasteiger partial charge < -0.3 is 14.5 Å². The second-order valence-corrected chi connectivity index (χ2v) is 8.92. The molecule has 0 saturated heterocycles. The number of sulfonamides is 1. The minimum atomic E-state index is -3.73. The maximum atomic E-state index is 12.8. The van der Waals surface area contributed by atoms with Crippen LogP contribution in [-0.2, 0) is 21.4 Å². The predicted octanol–water partition coefficient (Wildman–Crippen LogP) is 2.55. The zero-order valence-electron chi connectivity index (χ0n) is 14.6. The maximum Gasteiger partial charge on any atom is 0.262 e. The molecule has 2 aliphatic rings. The van der Waals surface area contributed by atoms with Crippen LogP contribution in [-0.4, -0.2) is 32.3 Å². The molecule has 1 aliphatic carbocycles. The molecule has 2 aromatic rings. The van der Waals surface area contributed by atoms with Gasteiger partial charge in [0.05, 0.1) is 17.1 Å². The number of ether oxygens (including phenoxy) is 1. The monoisotopic (exact) mass is 376 g/mol. The average Bonchev–Trinajstić information content (AvgIpc) is 3.15. The van der Waals surface area contributed by atoms with Gasteiger partial charge in [0.1, 0.15) is 17.3 Å². The van der Waals surface area contributed by atoms with Gasteiger partial charge in [-0.15, -0.1) is 0 Å². The van der Waals surface area contributed by atoms with E-state index in [0.717, 1.165) is 12.2 Å². The largest absolute Gasteiger partial charge is 0.482 e. The van der Waals surface area contributed by atoms with Gasteiger partial charge in [-0.3, -0.25) is 4.79 Å². The van der Waals surface area contributed by atoms with E-state index >= 15 is 0 Å². The lowest BCUT2D eigenvalue weighted by atomic mass is 10.2. The van der Waals surface area contributed by atoms with E-state index in [2.05, 4.69) is 12.2 Å². The summed E-state index contributed by atoms with van der Waals surface area (Å²) in [6.07, 6.45) is 1.12. The van der Waals surface area contributed by atoms with Crippen LogP contribution < -0.4 is 10.1 Å². The molecule has 1 saturated carbocycles. The number of benzene rings is 1. The third-order valence-electron chi connectivity index (χ3n) is 4.83. The topological polar surface area (TPSA) is 88.9 Å². The van der Waals surface area contributed by atoms with E-state index in [1.54, 1.807) is 6.07 Å². The number of furan rings is 1. The Balaban J connectivity index is 1.53. The highest BCUT2D eigenvalue weighted by atomic mass is 32.2. The van der Waals surface area contributed by atoms with E-state index < -0.39 is 10.0 Å². The second kappa shape index (κ2) is 6.14. The molecule has 138 valence electrons. The van der Waals surface area contributed by atoms with Crippen molar-refractivity contribution in [3.8, 4) is 5.75 Å². The molecule has 1 amide bonds. The Morgan fingerprint density at radius 1 is 1.27 bits per heavy atom. The van der Waals surface area contributed by atoms with Gasteiger partial charge in [-0.05, 0) is 42.7 Å². The van der Waals surface area contributed by atoms with Crippen molar-refractivity contribution in [2.45, 2.75) is 30.7 Å². The van der Waals surface area contributed by atoms with E-state index in [-0.39, 0.29) is 24.0 Å². The first-order chi connectivity index (χ1) is 12.3. The second-order valence-electron chi connectivity index (χ2n) is 6.88. The van der Waals surface area contributed by atoms with Crippen LogP contribution in [0.5, 0.6) is 5.75 Å². The third kappa shape index (κ3) is 3.10. The predicted molar refractivity (Wildman–Crippen MR) is 94.4 cm³/mol. The number of nitrogens with one attached hydrogen (secondary N) is 1. The Hall–Kier alpha value is -2.32. The van der Waals surface area contributed by atoms with Gasteiger partial charge in [-0.1, -0.05) is 6.92 Å². The van der Waals surface area contributed by atoms with Crippen molar-refractivity contribution < 1.29 is 22.4 Å². The summed E-state index contributed by atoms with van der Waals surface area (Å²) < 4.78 is 38.0. The summed E-state index contributed by atoms with van der Waals surface area (Å²) in [5, 5.41) is 2.62. The molecule has 4 rings (SSSR count). The average molecular weight is 376 g/mol. The van der Waals surface area contributed by atoms with Gasteiger partial charge in [-0.25, -0.2) is 8.42 Å². The summed E-state index contributed by atoms with van der Waals surface area (Å²) in [7, 11) is -2.22. The molecule has 1 N–H and O–H groups in total. The standard InChI is InChI=1S/C18H20N2O5S/c1-11-7-14(11)16-5-3-12(25-16)9-20(2)26(22,23)13-4-6-17-15(8-13)19-18(21)10-24-17/h3-6,8,11,14H,7,9-10H2,1-2H3,(H,19,21)/t11-,14-/m0/s1. The van der Waals surface area contributed by atoms with Crippen molar-refractivity contribution in [2.24, 2.45) is 5.92 Å². The third-order valence-corrected chi connectivity index (χ3v) is 6.63. The van der Waals surface area contributed by atoms with Crippen LogP contribution in [0.25, 0.3) is 0 Å². The Bertz CT molecular complexity index is 966. The molecule has 8 heteroatoms. The van der Waals surface area contributed by atoms with Gasteiger partial charge >= 0.3 is 0 Å². The van der Waals surface area contributed by atoms with E-state index in [4.69, 9.17) is 9.15 Å². The van der Waals surface area contributed by atoms with Gasteiger partial charge in [0.15, 0.2) is 6.61 Å². The van der Waals surface area contributed by atoms with Crippen LogP contribution in [0.2, 0.25) is 0 Å². The number of amides is 1. The zero-order chi connectivity index (χ0) is 18.5. The van der Waals surface area contributed by atoms with Gasteiger partial charge in [0.25, 0.3) is 5.91 Å². The highest BCUT2D eigenvalue weighted by molar-refractivity contribution is 7.89. The first-order valence-electron chi connectivity index (χ1n) is 8.46. The highest BCUT2D eigenvalue weighted by Crippen LogP contribution is 2.47. The van der Waals surface area contributed by atoms with E-state index in [0.29, 0.717) is 29.0 Å². The van der Waals surface area contributed by atoms with Crippen LogP contribution in [0.3, 0.4) is 0 Å². The fourth-order valence-electron chi connectivity index (χ4n) is 3.10. The Labute approximate surface area is 152 Å². The van der Waals surface area contributed by atoms with Crippen LogP contribution in [0.1, 0.15) is 30.8 Å². The Morgan fingerprint density at radius 3 is 2.77 bits per heavy atom. The number of anilines is 1. The van der Waals surface area contributed by atoms with Crippen molar-refractivity contribution in [3.05, 3.63) is 41.9 Å². The molecule has 0 spiro atoms. The van der Waals surface area contributed by atoms with E-state index in [9.17, 15) is 13.2 Å². The summed E-state index contributed by atoms with van der Waals surface area (Å²) in [6.45, 7) is 2.24. The normalized spacial score (nSPS) is 21.9. The van der Waals surface area contributed by atoms with Crippen LogP contribution in [0.4, 0.5) is 5.69 Å². The lowest BCUT2D eigenvalue weighted by Gasteiger charge is -2.20. The lowest BCUT2D eigenvalue weighted by Crippen LogP contribution is -2.28. The van der Waals surface area contributed by atoms with Gasteiger partial charge in [-0.2, -0.15) is 4.31 Å². The molecule has 7 nitrogen and oxygen atoms in total. The molecule has 2 heterocycles. The van der Waals surface area contributed by atoms with Crippen molar-refractivity contribution in [1.29, 1.82) is 0 Å². The molecule has 2 atom stereocenters. The number of carbonyl (C=O) groups is 1. The molecule has 1 aromatic heterocycles. The highest BCUT2D eigenvalue weighted by Gasteiger charge is 2.36. The zero-order valence-corrected chi connectivity index (χ0v) is 15.4. The number of nitrogens with zero attached hydrogens (tertiary/aromatic N) is 1. The smallest absolute Gasteiger partial charge is 0.262 e. The summed E-state index contributed by atoms with van der Waals surface area (Å²) in [6, 6.07) is 8.19. The fraction of sp³-hybridized carbons (Fsp3) is 0.389. The van der Waals surface area contributed by atoms with E-state index in [1.165, 1.54) is 23.5 Å². The number of carbonyl (C=O) groups excluding carboxylic acids is 1. The number of hydrogen-bond acceptors (Lipinski definition) is 5.